The molecule has 4 aliphatic rings. The quantitative estimate of drug-likeness (QED) is 0.459. The van der Waals surface area contributed by atoms with Crippen LogP contribution in [0.2, 0.25) is 0 Å². The molecule has 0 amide bonds. The third-order valence-electron chi connectivity index (χ3n) is 9.33. The van der Waals surface area contributed by atoms with Gasteiger partial charge in [0.1, 0.15) is 0 Å². The topological polar surface area (TPSA) is 36.3 Å². The molecule has 7 rings (SSSR count). The van der Waals surface area contributed by atoms with Crippen LogP contribution in [0.5, 0.6) is 0 Å². The zero-order valence-corrected chi connectivity index (χ0v) is 20.3. The Morgan fingerprint density at radius 2 is 1.59 bits per heavy atom. The van der Waals surface area contributed by atoms with Crippen molar-refractivity contribution in [3.63, 3.8) is 0 Å². The fourth-order valence-electron chi connectivity index (χ4n) is 7.34. The van der Waals surface area contributed by atoms with Gasteiger partial charge in [-0.3, -0.25) is 0 Å². The van der Waals surface area contributed by atoms with Crippen LogP contribution in [-0.4, -0.2) is 28.8 Å². The van der Waals surface area contributed by atoms with E-state index in [4.69, 9.17) is 14.6 Å². The van der Waals surface area contributed by atoms with Gasteiger partial charge in [-0.2, -0.15) is 5.10 Å². The number of hydrogen-bond acceptors (Lipinski definition) is 3. The van der Waals surface area contributed by atoms with Crippen LogP contribution in [0.25, 0.3) is 16.8 Å². The van der Waals surface area contributed by atoms with E-state index in [2.05, 4.69) is 73.1 Å². The molecule has 3 fully saturated rings. The maximum Gasteiger partial charge on any atom is 0.171 e. The average Bonchev–Trinajstić information content (AvgIpc) is 3.46. The summed E-state index contributed by atoms with van der Waals surface area (Å²) in [4.78, 5) is 0. The van der Waals surface area contributed by atoms with Gasteiger partial charge >= 0.3 is 0 Å². The fraction of sp³-hybridized carbons (Fsp3) is 0.500. The summed E-state index contributed by atoms with van der Waals surface area (Å²) < 4.78 is 14.8. The number of aromatic nitrogens is 2. The number of fused-ring (bicyclic) bond motifs is 3. The van der Waals surface area contributed by atoms with Crippen LogP contribution in [0.4, 0.5) is 0 Å². The summed E-state index contributed by atoms with van der Waals surface area (Å²) in [6.07, 6.45) is 6.97. The van der Waals surface area contributed by atoms with Crippen molar-refractivity contribution in [2.45, 2.75) is 69.5 Å². The standard InChI is InChI=1S/C30H34N2O2/c1-20-26-15-14-25-27(23-8-9-23)31-32(24-12-10-22(11-13-24)21-6-4-3-5-7-21)28(25)29(26,2)16-17-30(20)33-18-19-34-30/h3-7,10-13,20,23,26H,8-9,14-19H2,1-2H3/t20-,26-,29-/m1/s1. The molecule has 2 aromatic carbocycles. The molecule has 3 atom stereocenters. The van der Waals surface area contributed by atoms with E-state index in [-0.39, 0.29) is 11.2 Å². The van der Waals surface area contributed by atoms with Gasteiger partial charge in [-0.1, -0.05) is 56.3 Å². The highest BCUT2D eigenvalue weighted by atomic mass is 16.7. The second-order valence-corrected chi connectivity index (χ2v) is 11.2. The minimum Gasteiger partial charge on any atom is -0.347 e. The molecule has 1 aliphatic heterocycles. The van der Waals surface area contributed by atoms with Crippen LogP contribution < -0.4 is 0 Å². The maximum absolute atomic E-state index is 6.25. The van der Waals surface area contributed by atoms with Crippen molar-refractivity contribution in [3.05, 3.63) is 71.5 Å². The summed E-state index contributed by atoms with van der Waals surface area (Å²) in [5.41, 5.74) is 8.17. The Labute approximate surface area is 202 Å². The highest BCUT2D eigenvalue weighted by Crippen LogP contribution is 2.58. The molecule has 0 unspecified atom stereocenters. The van der Waals surface area contributed by atoms with Crippen molar-refractivity contribution in [2.75, 3.05) is 13.2 Å². The van der Waals surface area contributed by atoms with Gasteiger partial charge in [-0.15, -0.1) is 0 Å². The molecule has 1 aromatic heterocycles. The largest absolute Gasteiger partial charge is 0.347 e. The van der Waals surface area contributed by atoms with Crippen molar-refractivity contribution < 1.29 is 9.47 Å². The van der Waals surface area contributed by atoms with Crippen molar-refractivity contribution in [2.24, 2.45) is 11.8 Å². The zero-order chi connectivity index (χ0) is 22.9. The molecule has 2 heterocycles. The van der Waals surface area contributed by atoms with E-state index in [0.717, 1.165) is 32.5 Å². The second kappa shape index (κ2) is 7.53. The summed E-state index contributed by atoms with van der Waals surface area (Å²) in [5, 5.41) is 5.33. The lowest BCUT2D eigenvalue weighted by Crippen LogP contribution is -2.55. The van der Waals surface area contributed by atoms with Gasteiger partial charge in [0.2, 0.25) is 0 Å². The number of rotatable bonds is 3. The first-order chi connectivity index (χ1) is 16.6. The van der Waals surface area contributed by atoms with Crippen LogP contribution in [-0.2, 0) is 21.3 Å². The van der Waals surface area contributed by atoms with Crippen molar-refractivity contribution >= 4 is 0 Å². The summed E-state index contributed by atoms with van der Waals surface area (Å²) in [6.45, 7) is 6.34. The van der Waals surface area contributed by atoms with Gasteiger partial charge in [0, 0.05) is 23.7 Å². The smallest absolute Gasteiger partial charge is 0.171 e. The predicted molar refractivity (Wildman–Crippen MR) is 133 cm³/mol. The molecular weight excluding hydrogens is 420 g/mol. The molecule has 3 aromatic rings. The van der Waals surface area contributed by atoms with Gasteiger partial charge in [0.25, 0.3) is 0 Å². The normalized spacial score (nSPS) is 29.7. The van der Waals surface area contributed by atoms with E-state index in [1.165, 1.54) is 47.5 Å². The second-order valence-electron chi connectivity index (χ2n) is 11.2. The Bertz CT molecular complexity index is 1200. The van der Waals surface area contributed by atoms with Gasteiger partial charge in [-0.25, -0.2) is 4.68 Å². The van der Waals surface area contributed by atoms with Gasteiger partial charge < -0.3 is 9.47 Å². The van der Waals surface area contributed by atoms with E-state index >= 15 is 0 Å². The Morgan fingerprint density at radius 3 is 2.29 bits per heavy atom. The summed E-state index contributed by atoms with van der Waals surface area (Å²) >= 11 is 0. The van der Waals surface area contributed by atoms with Gasteiger partial charge in [0.15, 0.2) is 5.79 Å². The van der Waals surface area contributed by atoms with Gasteiger partial charge in [-0.05, 0) is 66.8 Å². The molecule has 3 aliphatic carbocycles. The van der Waals surface area contributed by atoms with E-state index in [1.807, 2.05) is 0 Å². The maximum atomic E-state index is 6.25. The molecule has 2 saturated carbocycles. The molecule has 4 nitrogen and oxygen atoms in total. The fourth-order valence-corrected chi connectivity index (χ4v) is 7.34. The molecule has 0 radical (unpaired) electrons. The Morgan fingerprint density at radius 1 is 0.882 bits per heavy atom. The highest BCUT2D eigenvalue weighted by molar-refractivity contribution is 5.64. The number of hydrogen-bond donors (Lipinski definition) is 0. The van der Waals surface area contributed by atoms with E-state index in [0.29, 0.717) is 17.8 Å². The summed E-state index contributed by atoms with van der Waals surface area (Å²) in [5.74, 6) is 1.21. The first-order valence-electron chi connectivity index (χ1n) is 13.2. The monoisotopic (exact) mass is 454 g/mol. The van der Waals surface area contributed by atoms with Crippen LogP contribution in [0, 0.1) is 11.8 Å². The van der Waals surface area contributed by atoms with Crippen molar-refractivity contribution in [3.8, 4) is 16.8 Å². The predicted octanol–water partition coefficient (Wildman–Crippen LogP) is 6.41. The number of benzene rings is 2. The molecule has 0 bridgehead atoms. The Balaban J connectivity index is 1.32. The molecule has 0 N–H and O–H groups in total. The third kappa shape index (κ3) is 3.01. The third-order valence-corrected chi connectivity index (χ3v) is 9.33. The van der Waals surface area contributed by atoms with Crippen LogP contribution in [0.15, 0.2) is 54.6 Å². The molecule has 4 heteroatoms. The van der Waals surface area contributed by atoms with E-state index in [9.17, 15) is 0 Å². The Kier molecular flexibility index (Phi) is 4.63. The van der Waals surface area contributed by atoms with Crippen molar-refractivity contribution in [1.29, 1.82) is 0 Å². The van der Waals surface area contributed by atoms with Crippen LogP contribution in [0.1, 0.15) is 68.8 Å². The summed E-state index contributed by atoms with van der Waals surface area (Å²) in [6, 6.07) is 19.6. The van der Waals surface area contributed by atoms with Crippen LogP contribution in [0.3, 0.4) is 0 Å². The first kappa shape index (κ1) is 20.9. The lowest BCUT2D eigenvalue weighted by Gasteiger charge is -2.54. The number of nitrogens with zero attached hydrogens (tertiary/aromatic N) is 2. The van der Waals surface area contributed by atoms with E-state index in [1.54, 1.807) is 5.56 Å². The Hall–Kier alpha value is -2.43. The molecular formula is C30H34N2O2. The SMILES string of the molecule is C[C@@H]1[C@H]2CCc3c(C4CC4)nn(-c4ccc(-c5ccccc5)cc4)c3[C@]2(C)CCC12OCCO2. The zero-order valence-electron chi connectivity index (χ0n) is 20.3. The van der Waals surface area contributed by atoms with Gasteiger partial charge in [0.05, 0.1) is 30.3 Å². The minimum absolute atomic E-state index is 0.0891. The molecule has 1 spiro atoms. The van der Waals surface area contributed by atoms with Crippen LogP contribution >= 0.6 is 0 Å². The van der Waals surface area contributed by atoms with Crippen molar-refractivity contribution in [1.82, 2.24) is 9.78 Å². The first-order valence-corrected chi connectivity index (χ1v) is 13.2. The molecule has 176 valence electrons. The van der Waals surface area contributed by atoms with E-state index < -0.39 is 0 Å². The molecule has 34 heavy (non-hydrogen) atoms. The molecule has 1 saturated heterocycles. The summed E-state index contributed by atoms with van der Waals surface area (Å²) in [7, 11) is 0. The lowest BCUT2D eigenvalue weighted by atomic mass is 9.55. The average molecular weight is 455 g/mol. The number of ether oxygens (including phenoxy) is 2. The highest BCUT2D eigenvalue weighted by Gasteiger charge is 2.58. The lowest BCUT2D eigenvalue weighted by molar-refractivity contribution is -0.234. The minimum atomic E-state index is -0.372.